The molecule has 0 spiro atoms. The molecule has 1 heterocycles. The third-order valence-corrected chi connectivity index (χ3v) is 6.40. The molecule has 1 aromatic heterocycles. The van der Waals surface area contributed by atoms with Crippen molar-refractivity contribution in [3.05, 3.63) is 15.9 Å². The van der Waals surface area contributed by atoms with Crippen LogP contribution in [0.5, 0.6) is 0 Å². The van der Waals surface area contributed by atoms with Crippen LogP contribution in [0, 0.1) is 18.3 Å². The minimum atomic E-state index is 0.283. The Morgan fingerprint density at radius 1 is 1.38 bits per heavy atom. The first-order chi connectivity index (χ1) is 10.0. The van der Waals surface area contributed by atoms with E-state index < -0.39 is 0 Å². The highest BCUT2D eigenvalue weighted by Crippen LogP contribution is 2.43. The second-order valence-corrected chi connectivity index (χ2v) is 7.73. The molecule has 1 saturated carbocycles. The molecule has 0 aliphatic heterocycles. The average Bonchev–Trinajstić information content (AvgIpc) is 2.73. The van der Waals surface area contributed by atoms with Crippen LogP contribution in [-0.4, -0.2) is 16.3 Å². The molecule has 0 aromatic carbocycles. The summed E-state index contributed by atoms with van der Waals surface area (Å²) in [7, 11) is 2.05. The van der Waals surface area contributed by atoms with Gasteiger partial charge in [0.05, 0.1) is 15.9 Å². The smallest absolute Gasteiger partial charge is 0.0738 e. The van der Waals surface area contributed by atoms with E-state index >= 15 is 0 Å². The molecule has 1 aliphatic rings. The van der Waals surface area contributed by atoms with Crippen LogP contribution in [0.3, 0.4) is 0 Å². The Morgan fingerprint density at radius 2 is 2.05 bits per heavy atom. The van der Waals surface area contributed by atoms with Gasteiger partial charge in [-0.25, -0.2) is 0 Å². The van der Waals surface area contributed by atoms with E-state index in [-0.39, 0.29) is 5.41 Å². The molecule has 0 bridgehead atoms. The second-order valence-electron chi connectivity index (χ2n) is 6.94. The zero-order chi connectivity index (χ0) is 15.5. The zero-order valence-electron chi connectivity index (χ0n) is 13.8. The summed E-state index contributed by atoms with van der Waals surface area (Å²) in [5, 5.41) is 4.53. The van der Waals surface area contributed by atoms with Crippen molar-refractivity contribution in [2.24, 2.45) is 24.1 Å². The van der Waals surface area contributed by atoms with Crippen LogP contribution >= 0.6 is 15.9 Å². The minimum Gasteiger partial charge on any atom is -0.330 e. The molecule has 0 saturated heterocycles. The van der Waals surface area contributed by atoms with Crippen molar-refractivity contribution in [2.45, 2.75) is 65.2 Å². The van der Waals surface area contributed by atoms with Crippen LogP contribution in [0.15, 0.2) is 4.47 Å². The van der Waals surface area contributed by atoms with E-state index in [4.69, 9.17) is 5.73 Å². The maximum absolute atomic E-state index is 6.19. The van der Waals surface area contributed by atoms with E-state index in [1.165, 1.54) is 55.1 Å². The van der Waals surface area contributed by atoms with Gasteiger partial charge in [0.2, 0.25) is 0 Å². The number of aryl methyl sites for hydroxylation is 2. The first-order valence-electron chi connectivity index (χ1n) is 8.39. The van der Waals surface area contributed by atoms with Crippen LogP contribution < -0.4 is 5.73 Å². The largest absolute Gasteiger partial charge is 0.330 e. The van der Waals surface area contributed by atoms with Crippen molar-refractivity contribution in [3.8, 4) is 0 Å². The van der Waals surface area contributed by atoms with Gasteiger partial charge in [0.15, 0.2) is 0 Å². The fraction of sp³-hybridized carbons (Fsp3) is 0.824. The van der Waals surface area contributed by atoms with Gasteiger partial charge in [-0.2, -0.15) is 5.10 Å². The number of hydrogen-bond acceptors (Lipinski definition) is 2. The van der Waals surface area contributed by atoms with Gasteiger partial charge in [0.25, 0.3) is 0 Å². The normalized spacial score (nSPS) is 26.2. The number of nitrogens with two attached hydrogens (primary N) is 1. The number of rotatable bonds is 6. The van der Waals surface area contributed by atoms with Crippen molar-refractivity contribution in [3.63, 3.8) is 0 Å². The third kappa shape index (κ3) is 3.89. The molecule has 2 N–H and O–H groups in total. The highest BCUT2D eigenvalue weighted by molar-refractivity contribution is 9.10. The average molecular weight is 356 g/mol. The molecule has 0 amide bonds. The summed E-state index contributed by atoms with van der Waals surface area (Å²) in [6, 6.07) is 0. The minimum absolute atomic E-state index is 0.283. The van der Waals surface area contributed by atoms with Crippen LogP contribution in [-0.2, 0) is 13.5 Å². The Kier molecular flexibility index (Phi) is 5.89. The monoisotopic (exact) mass is 355 g/mol. The number of halogens is 1. The lowest BCUT2D eigenvalue weighted by molar-refractivity contribution is 0.147. The van der Waals surface area contributed by atoms with Crippen LogP contribution in [0.1, 0.15) is 63.3 Å². The zero-order valence-corrected chi connectivity index (χ0v) is 15.4. The van der Waals surface area contributed by atoms with Gasteiger partial charge in [0, 0.05) is 7.05 Å². The van der Waals surface area contributed by atoms with Gasteiger partial charge in [-0.05, 0) is 72.8 Å². The van der Waals surface area contributed by atoms with Crippen molar-refractivity contribution >= 4 is 15.9 Å². The Bertz CT molecular complexity index is 459. The molecule has 21 heavy (non-hydrogen) atoms. The maximum atomic E-state index is 6.19. The predicted molar refractivity (Wildman–Crippen MR) is 92.3 cm³/mol. The van der Waals surface area contributed by atoms with E-state index in [1.54, 1.807) is 0 Å². The van der Waals surface area contributed by atoms with Crippen molar-refractivity contribution in [1.82, 2.24) is 9.78 Å². The first kappa shape index (κ1) is 17.0. The second kappa shape index (κ2) is 7.28. The molecule has 4 heteroatoms. The van der Waals surface area contributed by atoms with E-state index in [0.29, 0.717) is 0 Å². The molecule has 0 atom stereocenters. The van der Waals surface area contributed by atoms with Crippen molar-refractivity contribution in [2.75, 3.05) is 6.54 Å². The van der Waals surface area contributed by atoms with Gasteiger partial charge < -0.3 is 5.73 Å². The Labute approximate surface area is 137 Å². The molecule has 120 valence electrons. The number of hydrogen-bond donors (Lipinski definition) is 1. The first-order valence-corrected chi connectivity index (χ1v) is 9.18. The van der Waals surface area contributed by atoms with Gasteiger partial charge in [0.1, 0.15) is 0 Å². The predicted octanol–water partition coefficient (Wildman–Crippen LogP) is 4.36. The van der Waals surface area contributed by atoms with Crippen molar-refractivity contribution in [1.29, 1.82) is 0 Å². The standard InChI is InChI=1S/C17H30BrN3/c1-4-5-6-14-7-9-17(12-19,10-8-14)11-15-16(18)13(2)20-21(15)3/h14H,4-12,19H2,1-3H3. The molecule has 1 fully saturated rings. The Balaban J connectivity index is 2.03. The van der Waals surface area contributed by atoms with Gasteiger partial charge in [-0.15, -0.1) is 0 Å². The third-order valence-electron chi connectivity index (χ3n) is 5.37. The molecule has 3 nitrogen and oxygen atoms in total. The summed E-state index contributed by atoms with van der Waals surface area (Å²) >= 11 is 3.70. The number of aromatic nitrogens is 2. The molecule has 0 unspecified atom stereocenters. The summed E-state index contributed by atoms with van der Waals surface area (Å²) < 4.78 is 3.20. The van der Waals surface area contributed by atoms with Crippen LogP contribution in [0.4, 0.5) is 0 Å². The van der Waals surface area contributed by atoms with Gasteiger partial charge in [-0.1, -0.05) is 26.2 Å². The fourth-order valence-electron chi connectivity index (χ4n) is 3.75. The lowest BCUT2D eigenvalue weighted by atomic mass is 9.67. The lowest BCUT2D eigenvalue weighted by Crippen LogP contribution is -2.37. The van der Waals surface area contributed by atoms with E-state index in [2.05, 4.69) is 34.9 Å². The van der Waals surface area contributed by atoms with E-state index in [0.717, 1.165) is 24.6 Å². The quantitative estimate of drug-likeness (QED) is 0.823. The fourth-order valence-corrected chi connectivity index (χ4v) is 4.23. The molecule has 0 radical (unpaired) electrons. The van der Waals surface area contributed by atoms with Gasteiger partial charge in [-0.3, -0.25) is 4.68 Å². The molecule has 2 rings (SSSR count). The highest BCUT2D eigenvalue weighted by Gasteiger charge is 2.35. The molecular weight excluding hydrogens is 326 g/mol. The number of nitrogens with zero attached hydrogens (tertiary/aromatic N) is 2. The summed E-state index contributed by atoms with van der Waals surface area (Å²) in [5.74, 6) is 0.932. The maximum Gasteiger partial charge on any atom is 0.0738 e. The lowest BCUT2D eigenvalue weighted by Gasteiger charge is -2.39. The van der Waals surface area contributed by atoms with E-state index in [9.17, 15) is 0 Å². The SMILES string of the molecule is CCCCC1CCC(CN)(Cc2c(Br)c(C)nn2C)CC1. The molecule has 1 aliphatic carbocycles. The van der Waals surface area contributed by atoms with Crippen molar-refractivity contribution < 1.29 is 0 Å². The Morgan fingerprint density at radius 3 is 2.52 bits per heavy atom. The Hall–Kier alpha value is -0.350. The topological polar surface area (TPSA) is 43.8 Å². The summed E-state index contributed by atoms with van der Waals surface area (Å²) in [6.07, 6.45) is 10.4. The summed E-state index contributed by atoms with van der Waals surface area (Å²) in [4.78, 5) is 0. The van der Waals surface area contributed by atoms with Crippen LogP contribution in [0.2, 0.25) is 0 Å². The van der Waals surface area contributed by atoms with Crippen LogP contribution in [0.25, 0.3) is 0 Å². The number of unbranched alkanes of at least 4 members (excludes halogenated alkanes) is 1. The van der Waals surface area contributed by atoms with E-state index in [1.807, 2.05) is 11.7 Å². The summed E-state index contributed by atoms with van der Waals surface area (Å²) in [6.45, 7) is 5.14. The van der Waals surface area contributed by atoms with Gasteiger partial charge >= 0.3 is 0 Å². The molecular formula is C17H30BrN3. The molecule has 1 aromatic rings. The highest BCUT2D eigenvalue weighted by atomic mass is 79.9. The summed E-state index contributed by atoms with van der Waals surface area (Å²) in [5.41, 5.74) is 8.87.